The molecular formula is C12H17N3O3S. The summed E-state index contributed by atoms with van der Waals surface area (Å²) in [4.78, 5) is 29.5. The van der Waals surface area contributed by atoms with Gasteiger partial charge in [-0.25, -0.2) is 9.78 Å². The summed E-state index contributed by atoms with van der Waals surface area (Å²) in [5.41, 5.74) is 0. The van der Waals surface area contributed by atoms with Gasteiger partial charge in [-0.1, -0.05) is 11.3 Å². The van der Waals surface area contributed by atoms with Gasteiger partial charge in [-0.2, -0.15) is 0 Å². The number of anilines is 1. The van der Waals surface area contributed by atoms with E-state index in [4.69, 9.17) is 0 Å². The van der Waals surface area contributed by atoms with E-state index in [2.05, 4.69) is 15.0 Å². The molecule has 19 heavy (non-hydrogen) atoms. The highest BCUT2D eigenvalue weighted by atomic mass is 32.1. The molecule has 0 aliphatic carbocycles. The van der Waals surface area contributed by atoms with Crippen molar-refractivity contribution >= 4 is 28.3 Å². The number of rotatable bonds is 4. The minimum absolute atomic E-state index is 0.0783. The summed E-state index contributed by atoms with van der Waals surface area (Å²) in [6.07, 6.45) is 4.81. The number of nitrogens with zero attached hydrogens (tertiary/aromatic N) is 2. The third-order valence-corrected chi connectivity index (χ3v) is 3.93. The number of hydrogen-bond donors (Lipinski definition) is 1. The number of thiazole rings is 1. The van der Waals surface area contributed by atoms with E-state index in [0.29, 0.717) is 10.0 Å². The lowest BCUT2D eigenvalue weighted by atomic mass is 10.1. The average Bonchev–Trinajstić information content (AvgIpc) is 2.93. The number of hydrogen-bond acceptors (Lipinski definition) is 6. The Balaban J connectivity index is 1.83. The molecule has 0 radical (unpaired) electrons. The first-order chi connectivity index (χ1) is 9.20. The monoisotopic (exact) mass is 283 g/mol. The van der Waals surface area contributed by atoms with Crippen LogP contribution >= 0.6 is 11.3 Å². The number of aromatic nitrogens is 1. The number of likely N-dealkylation sites (tertiary alicyclic amines) is 1. The number of carbonyl (C=O) groups is 2. The SMILES string of the molecule is COC(=O)c1cnc(NCC(=O)N2CCCCC2)s1. The molecule has 0 unspecified atom stereocenters. The van der Waals surface area contributed by atoms with Crippen LogP contribution in [0.2, 0.25) is 0 Å². The van der Waals surface area contributed by atoms with Crippen molar-refractivity contribution in [3.63, 3.8) is 0 Å². The van der Waals surface area contributed by atoms with Gasteiger partial charge in [0.25, 0.3) is 0 Å². The maximum absolute atomic E-state index is 11.9. The molecule has 0 spiro atoms. The molecule has 1 amide bonds. The van der Waals surface area contributed by atoms with E-state index in [0.717, 1.165) is 25.9 Å². The molecule has 0 atom stereocenters. The van der Waals surface area contributed by atoms with E-state index in [1.165, 1.54) is 31.1 Å². The normalized spacial score (nSPS) is 15.1. The average molecular weight is 283 g/mol. The number of amides is 1. The minimum atomic E-state index is -0.409. The fraction of sp³-hybridized carbons (Fsp3) is 0.583. The summed E-state index contributed by atoms with van der Waals surface area (Å²) in [6, 6.07) is 0. The smallest absolute Gasteiger partial charge is 0.349 e. The lowest BCUT2D eigenvalue weighted by Gasteiger charge is -2.26. The zero-order chi connectivity index (χ0) is 13.7. The number of carbonyl (C=O) groups excluding carboxylic acids is 2. The van der Waals surface area contributed by atoms with Crippen molar-refractivity contribution in [3.05, 3.63) is 11.1 Å². The van der Waals surface area contributed by atoms with Gasteiger partial charge in [0.15, 0.2) is 5.13 Å². The number of ether oxygens (including phenoxy) is 1. The summed E-state index contributed by atoms with van der Waals surface area (Å²) < 4.78 is 4.60. The van der Waals surface area contributed by atoms with E-state index in [1.54, 1.807) is 0 Å². The van der Waals surface area contributed by atoms with Crippen molar-refractivity contribution in [2.45, 2.75) is 19.3 Å². The van der Waals surface area contributed by atoms with Crippen LogP contribution < -0.4 is 5.32 Å². The summed E-state index contributed by atoms with van der Waals surface area (Å²) in [6.45, 7) is 1.89. The second-order valence-electron chi connectivity index (χ2n) is 4.32. The first kappa shape index (κ1) is 13.8. The Morgan fingerprint density at radius 2 is 2.16 bits per heavy atom. The van der Waals surface area contributed by atoms with Crippen molar-refractivity contribution < 1.29 is 14.3 Å². The zero-order valence-electron chi connectivity index (χ0n) is 10.8. The van der Waals surface area contributed by atoms with Gasteiger partial charge in [0, 0.05) is 13.1 Å². The van der Waals surface area contributed by atoms with Crippen molar-refractivity contribution in [1.29, 1.82) is 0 Å². The molecule has 1 aromatic rings. The molecule has 2 rings (SSSR count). The highest BCUT2D eigenvalue weighted by Gasteiger charge is 2.17. The Labute approximate surface area is 115 Å². The van der Waals surface area contributed by atoms with Crippen LogP contribution in [-0.2, 0) is 9.53 Å². The Morgan fingerprint density at radius 1 is 1.42 bits per heavy atom. The highest BCUT2D eigenvalue weighted by molar-refractivity contribution is 7.17. The first-order valence-electron chi connectivity index (χ1n) is 6.26. The number of esters is 1. The Morgan fingerprint density at radius 3 is 2.84 bits per heavy atom. The lowest BCUT2D eigenvalue weighted by Crippen LogP contribution is -2.39. The third-order valence-electron chi connectivity index (χ3n) is 2.99. The van der Waals surface area contributed by atoms with Crippen LogP contribution in [0.4, 0.5) is 5.13 Å². The van der Waals surface area contributed by atoms with Crippen molar-refractivity contribution in [2.75, 3.05) is 32.1 Å². The van der Waals surface area contributed by atoms with Gasteiger partial charge in [0.2, 0.25) is 5.91 Å². The van der Waals surface area contributed by atoms with Crippen LogP contribution in [0.25, 0.3) is 0 Å². The molecule has 1 aliphatic rings. The topological polar surface area (TPSA) is 71.5 Å². The minimum Gasteiger partial charge on any atom is -0.465 e. The second-order valence-corrected chi connectivity index (χ2v) is 5.35. The van der Waals surface area contributed by atoms with Crippen molar-refractivity contribution in [1.82, 2.24) is 9.88 Å². The summed E-state index contributed by atoms with van der Waals surface area (Å²) in [7, 11) is 1.33. The predicted molar refractivity (Wildman–Crippen MR) is 72.4 cm³/mol. The van der Waals surface area contributed by atoms with Gasteiger partial charge in [-0.05, 0) is 19.3 Å². The molecule has 0 aromatic carbocycles. The van der Waals surface area contributed by atoms with Gasteiger partial charge >= 0.3 is 5.97 Å². The van der Waals surface area contributed by atoms with E-state index in [9.17, 15) is 9.59 Å². The molecule has 6 nitrogen and oxygen atoms in total. The quantitative estimate of drug-likeness (QED) is 0.845. The van der Waals surface area contributed by atoms with Gasteiger partial charge in [-0.15, -0.1) is 0 Å². The standard InChI is InChI=1S/C12H17N3O3S/c1-18-11(17)9-7-13-12(19-9)14-8-10(16)15-5-3-2-4-6-15/h7H,2-6,8H2,1H3,(H,13,14). The molecule has 1 aliphatic heterocycles. The molecule has 1 saturated heterocycles. The van der Waals surface area contributed by atoms with E-state index >= 15 is 0 Å². The van der Waals surface area contributed by atoms with Crippen LogP contribution in [0.3, 0.4) is 0 Å². The van der Waals surface area contributed by atoms with Gasteiger partial charge in [0.1, 0.15) is 4.88 Å². The summed E-state index contributed by atoms with van der Waals surface area (Å²) in [5.74, 6) is -0.331. The van der Waals surface area contributed by atoms with Crippen molar-refractivity contribution in [2.24, 2.45) is 0 Å². The molecule has 1 fully saturated rings. The van der Waals surface area contributed by atoms with Crippen molar-refractivity contribution in [3.8, 4) is 0 Å². The van der Waals surface area contributed by atoms with Crippen LogP contribution in [0.1, 0.15) is 28.9 Å². The molecule has 1 aromatic heterocycles. The maximum Gasteiger partial charge on any atom is 0.349 e. The Hall–Kier alpha value is -1.63. The second kappa shape index (κ2) is 6.51. The summed E-state index contributed by atoms with van der Waals surface area (Å²) in [5, 5.41) is 3.51. The Kier molecular flexibility index (Phi) is 4.73. The lowest BCUT2D eigenvalue weighted by molar-refractivity contribution is -0.130. The fourth-order valence-electron chi connectivity index (χ4n) is 1.96. The molecule has 104 valence electrons. The van der Waals surface area contributed by atoms with E-state index in [1.807, 2.05) is 4.90 Å². The molecule has 7 heteroatoms. The van der Waals surface area contributed by atoms with Gasteiger partial charge < -0.3 is 15.0 Å². The fourth-order valence-corrected chi connectivity index (χ4v) is 2.69. The Bertz CT molecular complexity index is 455. The predicted octanol–water partition coefficient (Wildman–Crippen LogP) is 1.35. The molecular weight excluding hydrogens is 266 g/mol. The molecule has 1 N–H and O–H groups in total. The largest absolute Gasteiger partial charge is 0.465 e. The number of nitrogens with one attached hydrogen (secondary N) is 1. The zero-order valence-corrected chi connectivity index (χ0v) is 11.7. The van der Waals surface area contributed by atoms with Crippen LogP contribution in [0.15, 0.2) is 6.20 Å². The van der Waals surface area contributed by atoms with Crippen LogP contribution in [0.5, 0.6) is 0 Å². The third kappa shape index (κ3) is 3.66. The van der Waals surface area contributed by atoms with E-state index in [-0.39, 0.29) is 12.5 Å². The van der Waals surface area contributed by atoms with Crippen LogP contribution in [0, 0.1) is 0 Å². The van der Waals surface area contributed by atoms with Crippen LogP contribution in [-0.4, -0.2) is 48.5 Å². The molecule has 2 heterocycles. The maximum atomic E-state index is 11.9. The van der Waals surface area contributed by atoms with Gasteiger partial charge in [0.05, 0.1) is 19.9 Å². The van der Waals surface area contributed by atoms with E-state index < -0.39 is 5.97 Å². The molecule has 0 bridgehead atoms. The van der Waals surface area contributed by atoms with Gasteiger partial charge in [-0.3, -0.25) is 4.79 Å². The first-order valence-corrected chi connectivity index (χ1v) is 7.08. The number of methoxy groups -OCH3 is 1. The summed E-state index contributed by atoms with van der Waals surface area (Å²) >= 11 is 1.19. The number of piperidine rings is 1. The molecule has 0 saturated carbocycles. The highest BCUT2D eigenvalue weighted by Crippen LogP contribution is 2.18.